The Balaban J connectivity index is 1.71. The molecule has 1 amide bonds. The van der Waals surface area contributed by atoms with Gasteiger partial charge in [0.1, 0.15) is 11.5 Å². The van der Waals surface area contributed by atoms with Crippen molar-refractivity contribution >= 4 is 31.9 Å². The lowest BCUT2D eigenvalue weighted by molar-refractivity contribution is 0.0980. The number of ether oxygens (including phenoxy) is 2. The molecule has 0 aliphatic heterocycles. The van der Waals surface area contributed by atoms with Crippen molar-refractivity contribution in [2.45, 2.75) is 31.1 Å². The van der Waals surface area contributed by atoms with Gasteiger partial charge >= 0.3 is 0 Å². The third-order valence-electron chi connectivity index (χ3n) is 6.17. The van der Waals surface area contributed by atoms with E-state index < -0.39 is 15.9 Å². The maximum Gasteiger partial charge on any atom is 0.265 e. The molecular formula is C31H30BrNO5S. The summed E-state index contributed by atoms with van der Waals surface area (Å²) in [5.74, 6) is 0.685. The summed E-state index contributed by atoms with van der Waals surface area (Å²) in [5, 5.41) is 0. The number of carbonyl (C=O) groups excluding carboxylic acids is 1. The summed E-state index contributed by atoms with van der Waals surface area (Å²) >= 11 is 3.29. The number of nitrogens with one attached hydrogen (secondary N) is 1. The van der Waals surface area contributed by atoms with Gasteiger partial charge in [0.05, 0.1) is 18.6 Å². The molecule has 0 heterocycles. The van der Waals surface area contributed by atoms with Crippen molar-refractivity contribution in [3.8, 4) is 22.6 Å². The Kier molecular flexibility index (Phi) is 9.43. The zero-order valence-electron chi connectivity index (χ0n) is 21.8. The summed E-state index contributed by atoms with van der Waals surface area (Å²) < 4.78 is 40.2. The molecule has 4 aromatic carbocycles. The van der Waals surface area contributed by atoms with Crippen molar-refractivity contribution in [2.24, 2.45) is 0 Å². The minimum absolute atomic E-state index is 0.00336. The Bertz CT molecular complexity index is 1550. The molecule has 0 aliphatic rings. The van der Waals surface area contributed by atoms with Crippen molar-refractivity contribution in [3.05, 3.63) is 112 Å². The topological polar surface area (TPSA) is 81.7 Å². The Morgan fingerprint density at radius 2 is 1.69 bits per heavy atom. The van der Waals surface area contributed by atoms with E-state index in [0.29, 0.717) is 41.0 Å². The molecule has 4 rings (SSSR count). The number of methoxy groups -OCH3 is 1. The molecule has 0 aliphatic carbocycles. The number of amides is 1. The number of hydrogen-bond donors (Lipinski definition) is 1. The van der Waals surface area contributed by atoms with Gasteiger partial charge in [-0.05, 0) is 72.4 Å². The first-order valence-corrected chi connectivity index (χ1v) is 14.9. The zero-order valence-corrected chi connectivity index (χ0v) is 24.2. The Morgan fingerprint density at radius 3 is 2.41 bits per heavy atom. The average Bonchev–Trinajstić information content (AvgIpc) is 2.95. The lowest BCUT2D eigenvalue weighted by atomic mass is 9.94. The molecule has 8 heteroatoms. The summed E-state index contributed by atoms with van der Waals surface area (Å²) in [7, 11) is -2.46. The summed E-state index contributed by atoms with van der Waals surface area (Å²) in [6.45, 7) is 2.59. The van der Waals surface area contributed by atoms with Crippen LogP contribution in [0.2, 0.25) is 0 Å². The van der Waals surface area contributed by atoms with Crippen molar-refractivity contribution < 1.29 is 22.7 Å². The molecule has 0 atom stereocenters. The van der Waals surface area contributed by atoms with E-state index in [1.807, 2.05) is 67.6 Å². The highest BCUT2D eigenvalue weighted by Crippen LogP contribution is 2.35. The van der Waals surface area contributed by atoms with Gasteiger partial charge < -0.3 is 9.47 Å². The van der Waals surface area contributed by atoms with Gasteiger partial charge in [-0.15, -0.1) is 0 Å². The Labute approximate surface area is 238 Å². The maximum absolute atomic E-state index is 13.3. The highest BCUT2D eigenvalue weighted by molar-refractivity contribution is 9.10. The van der Waals surface area contributed by atoms with Crippen molar-refractivity contribution in [3.63, 3.8) is 0 Å². The first kappa shape index (κ1) is 28.4. The third-order valence-corrected chi connectivity index (χ3v) is 7.99. The van der Waals surface area contributed by atoms with Gasteiger partial charge in [-0.25, -0.2) is 13.1 Å². The molecule has 0 saturated carbocycles. The Morgan fingerprint density at radius 1 is 0.897 bits per heavy atom. The molecule has 0 unspecified atom stereocenters. The van der Waals surface area contributed by atoms with Gasteiger partial charge in [-0.2, -0.15) is 0 Å². The van der Waals surface area contributed by atoms with E-state index in [4.69, 9.17) is 9.47 Å². The van der Waals surface area contributed by atoms with Crippen LogP contribution in [0, 0.1) is 0 Å². The van der Waals surface area contributed by atoms with Crippen LogP contribution in [-0.4, -0.2) is 28.0 Å². The number of aryl methyl sites for hydroxylation is 2. The van der Waals surface area contributed by atoms with Gasteiger partial charge in [0, 0.05) is 21.7 Å². The summed E-state index contributed by atoms with van der Waals surface area (Å²) in [4.78, 5) is 13.4. The Hall–Kier alpha value is -3.62. The van der Waals surface area contributed by atoms with Gasteiger partial charge in [-0.3, -0.25) is 4.79 Å². The fourth-order valence-corrected chi connectivity index (χ4v) is 5.75. The van der Waals surface area contributed by atoms with Crippen molar-refractivity contribution in [2.75, 3.05) is 13.7 Å². The second kappa shape index (κ2) is 13.0. The number of benzene rings is 4. The number of sulfonamides is 1. The minimum atomic E-state index is -4.06. The molecule has 1 N–H and O–H groups in total. The molecule has 0 fully saturated rings. The molecule has 0 aromatic heterocycles. The standard InChI is InChI=1S/C31H30BrNO5S/c1-3-18-38-30-21-26(37-2)15-17-28(30)23-14-16-29(24(19-23)13-12-22-8-5-4-6-9-22)31(34)33-39(35,36)27-11-7-10-25(32)20-27/h4-11,14-17,19-21H,3,12-13,18H2,1-2H3,(H,33,34). The van der Waals surface area contributed by atoms with Crippen LogP contribution in [0.3, 0.4) is 0 Å². The van der Waals surface area contributed by atoms with Gasteiger partial charge in [-0.1, -0.05) is 71.4 Å². The van der Waals surface area contributed by atoms with Gasteiger partial charge in [0.25, 0.3) is 15.9 Å². The summed E-state index contributed by atoms with van der Waals surface area (Å²) in [6.07, 6.45) is 2.08. The lowest BCUT2D eigenvalue weighted by Gasteiger charge is -2.16. The molecule has 6 nitrogen and oxygen atoms in total. The third kappa shape index (κ3) is 7.28. The minimum Gasteiger partial charge on any atom is -0.497 e. The first-order valence-electron chi connectivity index (χ1n) is 12.6. The average molecular weight is 609 g/mol. The largest absolute Gasteiger partial charge is 0.497 e. The predicted molar refractivity (Wildman–Crippen MR) is 157 cm³/mol. The number of rotatable bonds is 11. The highest BCUT2D eigenvalue weighted by atomic mass is 79.9. The van der Waals surface area contributed by atoms with Gasteiger partial charge in [0.15, 0.2) is 0 Å². The SMILES string of the molecule is CCCOc1cc(OC)ccc1-c1ccc(C(=O)NS(=O)(=O)c2cccc(Br)c2)c(CCc2ccccc2)c1. The van der Waals surface area contributed by atoms with E-state index in [0.717, 1.165) is 28.7 Å². The van der Waals surface area contributed by atoms with Crippen LogP contribution in [0.25, 0.3) is 11.1 Å². The van der Waals surface area contributed by atoms with Crippen LogP contribution in [-0.2, 0) is 22.9 Å². The second-order valence-electron chi connectivity index (χ2n) is 8.96. The van der Waals surface area contributed by atoms with E-state index in [1.54, 1.807) is 25.3 Å². The highest BCUT2D eigenvalue weighted by Gasteiger charge is 2.22. The first-order chi connectivity index (χ1) is 18.8. The monoisotopic (exact) mass is 607 g/mol. The van der Waals surface area contributed by atoms with Crippen LogP contribution in [0.15, 0.2) is 100 Å². The van der Waals surface area contributed by atoms with E-state index in [-0.39, 0.29) is 4.90 Å². The van der Waals surface area contributed by atoms with E-state index >= 15 is 0 Å². The summed E-state index contributed by atoms with van der Waals surface area (Å²) in [6, 6.07) is 27.2. The number of carbonyl (C=O) groups is 1. The van der Waals surface area contributed by atoms with Crippen LogP contribution in [0.5, 0.6) is 11.5 Å². The van der Waals surface area contributed by atoms with E-state index in [1.165, 1.54) is 12.1 Å². The van der Waals surface area contributed by atoms with E-state index in [2.05, 4.69) is 20.7 Å². The molecule has 0 bridgehead atoms. The molecule has 0 spiro atoms. The molecule has 0 radical (unpaired) electrons. The second-order valence-corrected chi connectivity index (χ2v) is 11.6. The molecule has 4 aromatic rings. The fraction of sp³-hybridized carbons (Fsp3) is 0.194. The molecule has 39 heavy (non-hydrogen) atoms. The number of halogens is 1. The smallest absolute Gasteiger partial charge is 0.265 e. The van der Waals surface area contributed by atoms with E-state index in [9.17, 15) is 13.2 Å². The zero-order chi connectivity index (χ0) is 27.8. The van der Waals surface area contributed by atoms with Gasteiger partial charge in [0.2, 0.25) is 0 Å². The normalized spacial score (nSPS) is 11.2. The number of hydrogen-bond acceptors (Lipinski definition) is 5. The van der Waals surface area contributed by atoms with Crippen LogP contribution < -0.4 is 14.2 Å². The van der Waals surface area contributed by atoms with Crippen LogP contribution >= 0.6 is 15.9 Å². The lowest BCUT2D eigenvalue weighted by Crippen LogP contribution is -2.31. The molecule has 0 saturated heterocycles. The molecular weight excluding hydrogens is 578 g/mol. The maximum atomic E-state index is 13.3. The van der Waals surface area contributed by atoms with Crippen molar-refractivity contribution in [1.82, 2.24) is 4.72 Å². The fourth-order valence-electron chi connectivity index (χ4n) is 4.18. The quantitative estimate of drug-likeness (QED) is 0.202. The van der Waals surface area contributed by atoms with Crippen LogP contribution in [0.1, 0.15) is 34.8 Å². The van der Waals surface area contributed by atoms with Crippen LogP contribution in [0.4, 0.5) is 0 Å². The molecule has 202 valence electrons. The van der Waals surface area contributed by atoms with Crippen molar-refractivity contribution in [1.29, 1.82) is 0 Å². The predicted octanol–water partition coefficient (Wildman–Crippen LogP) is 6.82. The summed E-state index contributed by atoms with van der Waals surface area (Å²) in [5.41, 5.74) is 3.87.